The minimum Gasteiger partial charge on any atom is -0.497 e. The van der Waals surface area contributed by atoms with Crippen LogP contribution in [-0.4, -0.2) is 81.8 Å². The molecule has 3 N–H and O–H groups in total. The fourth-order valence-corrected chi connectivity index (χ4v) is 4.31. The number of hydrogen-bond acceptors (Lipinski definition) is 18. The number of nitrogens with one attached hydrogen (secondary N) is 1. The van der Waals surface area contributed by atoms with Crippen LogP contribution in [0.1, 0.15) is 20.8 Å². The molecule has 0 aliphatic rings. The predicted molar refractivity (Wildman–Crippen MR) is 185 cm³/mol. The van der Waals surface area contributed by atoms with E-state index in [1.165, 1.54) is 0 Å². The molecule has 0 saturated carbocycles. The number of rotatable bonds is 13. The molecule has 1 heterocycles. The highest BCUT2D eigenvalue weighted by molar-refractivity contribution is 6.03. The number of nitro groups is 6. The van der Waals surface area contributed by atoms with Gasteiger partial charge in [0.05, 0.1) is 72.6 Å². The lowest BCUT2D eigenvalue weighted by Gasteiger charge is -2.18. The highest BCUT2D eigenvalue weighted by Gasteiger charge is 2.31. The first-order valence-electron chi connectivity index (χ1n) is 15.0. The fraction of sp³-hybridized carbons (Fsp3) is 0.241. The number of amides is 1. The Kier molecular flexibility index (Phi) is 15.0. The van der Waals surface area contributed by atoms with Crippen LogP contribution >= 0.6 is 0 Å². The number of pyridine rings is 1. The Morgan fingerprint density at radius 2 is 1.13 bits per heavy atom. The van der Waals surface area contributed by atoms with E-state index in [1.807, 2.05) is 45.0 Å². The second kappa shape index (κ2) is 19.1. The molecule has 0 saturated heterocycles. The molecule has 0 aliphatic carbocycles. The largest absolute Gasteiger partial charge is 0.497 e. The Hall–Kier alpha value is -7.70. The molecule has 4 rings (SSSR count). The first kappa shape index (κ1) is 42.5. The van der Waals surface area contributed by atoms with Crippen molar-refractivity contribution in [1.29, 1.82) is 0 Å². The molecule has 0 aliphatic heterocycles. The third kappa shape index (κ3) is 10.9. The molecule has 0 radical (unpaired) electrons. The van der Waals surface area contributed by atoms with E-state index >= 15 is 0 Å². The zero-order valence-electron chi connectivity index (χ0n) is 28.2. The fourth-order valence-electron chi connectivity index (χ4n) is 4.31. The maximum Gasteiger partial charge on any atom is 0.324 e. The Balaban J connectivity index is 0.000000286. The first-order valence-corrected chi connectivity index (χ1v) is 15.0. The minimum atomic E-state index is -1.21. The molecule has 3 aromatic carbocycles. The number of nitro benzene ring substituents is 6. The number of carbonyl (C=O) groups excluding carboxylic acids is 1. The van der Waals surface area contributed by atoms with E-state index in [0.717, 1.165) is 35.4 Å². The number of aromatic hydroxyl groups is 2. The number of anilines is 1. The summed E-state index contributed by atoms with van der Waals surface area (Å²) in [6, 6.07) is 9.31. The number of phenols is 2. The van der Waals surface area contributed by atoms with Gasteiger partial charge in [-0.2, -0.15) is 0 Å². The van der Waals surface area contributed by atoms with Gasteiger partial charge in [0.15, 0.2) is 0 Å². The van der Waals surface area contributed by atoms with Crippen molar-refractivity contribution in [2.45, 2.75) is 20.8 Å². The van der Waals surface area contributed by atoms with Gasteiger partial charge in [0, 0.05) is 11.6 Å². The van der Waals surface area contributed by atoms with Gasteiger partial charge in [-0.3, -0.25) is 75.4 Å². The second-order valence-corrected chi connectivity index (χ2v) is 10.2. The maximum atomic E-state index is 12.2. The van der Waals surface area contributed by atoms with Crippen LogP contribution in [-0.2, 0) is 4.79 Å². The van der Waals surface area contributed by atoms with E-state index in [-0.39, 0.29) is 5.91 Å². The van der Waals surface area contributed by atoms with Crippen LogP contribution in [0.15, 0.2) is 54.7 Å². The molecule has 0 spiro atoms. The highest BCUT2D eigenvalue weighted by atomic mass is 16.7. The molecule has 0 fully saturated rings. The van der Waals surface area contributed by atoms with Crippen molar-refractivity contribution in [3.05, 3.63) is 115 Å². The van der Waals surface area contributed by atoms with Gasteiger partial charge in [-0.1, -0.05) is 13.8 Å². The van der Waals surface area contributed by atoms with Crippen LogP contribution in [0.4, 0.5) is 39.8 Å². The average molecular weight is 760 g/mol. The molecular formula is C29H29N9O16. The number of non-ortho nitro benzene ring substituents is 2. The van der Waals surface area contributed by atoms with E-state index in [1.54, 1.807) is 6.20 Å². The molecule has 25 nitrogen and oxygen atoms in total. The van der Waals surface area contributed by atoms with E-state index in [4.69, 9.17) is 14.9 Å². The highest BCUT2D eigenvalue weighted by Crippen LogP contribution is 2.40. The normalized spacial score (nSPS) is 10.2. The van der Waals surface area contributed by atoms with Crippen LogP contribution in [0.3, 0.4) is 0 Å². The van der Waals surface area contributed by atoms with Crippen molar-refractivity contribution in [2.24, 2.45) is 0 Å². The number of ether oxygens (including phenoxy) is 1. The summed E-state index contributed by atoms with van der Waals surface area (Å²) in [6.07, 6.45) is 1.73. The molecule has 54 heavy (non-hydrogen) atoms. The summed E-state index contributed by atoms with van der Waals surface area (Å²) in [5.74, 6) is -1.70. The maximum absolute atomic E-state index is 12.2. The lowest BCUT2D eigenvalue weighted by Crippen LogP contribution is -2.32. The average Bonchev–Trinajstić information content (AvgIpc) is 3.11. The number of aromatic nitrogens is 1. The van der Waals surface area contributed by atoms with Crippen LogP contribution in [0.25, 0.3) is 10.9 Å². The van der Waals surface area contributed by atoms with Crippen LogP contribution in [0.5, 0.6) is 17.2 Å². The lowest BCUT2D eigenvalue weighted by molar-refractivity contribution is -0.404. The molecule has 0 atom stereocenters. The van der Waals surface area contributed by atoms with E-state index < -0.39 is 75.2 Å². The molecular weight excluding hydrogens is 730 g/mol. The molecule has 286 valence electrons. The number of hydrogen-bond donors (Lipinski definition) is 3. The van der Waals surface area contributed by atoms with Crippen molar-refractivity contribution in [2.75, 3.05) is 31.6 Å². The van der Waals surface area contributed by atoms with Crippen molar-refractivity contribution in [3.63, 3.8) is 0 Å². The van der Waals surface area contributed by atoms with E-state index in [9.17, 15) is 65.5 Å². The first-order chi connectivity index (χ1) is 25.4. The quantitative estimate of drug-likeness (QED) is 0.117. The molecule has 25 heteroatoms. The van der Waals surface area contributed by atoms with E-state index in [0.29, 0.717) is 37.4 Å². The molecule has 0 bridgehead atoms. The zero-order chi connectivity index (χ0) is 40.9. The third-order valence-electron chi connectivity index (χ3n) is 6.89. The van der Waals surface area contributed by atoms with Crippen LogP contribution in [0, 0.1) is 60.7 Å². The van der Waals surface area contributed by atoms with E-state index in [2.05, 4.69) is 15.2 Å². The topological polar surface area (TPSA) is 354 Å². The van der Waals surface area contributed by atoms with Gasteiger partial charge in [-0.25, -0.2) is 0 Å². The summed E-state index contributed by atoms with van der Waals surface area (Å²) in [7, 11) is 0. The van der Waals surface area contributed by atoms with Gasteiger partial charge in [0.25, 0.3) is 22.9 Å². The number of fused-ring (bicyclic) bond motifs is 1. The summed E-state index contributed by atoms with van der Waals surface area (Å²) < 4.78 is 5.60. The summed E-state index contributed by atoms with van der Waals surface area (Å²) in [4.78, 5) is 74.2. The van der Waals surface area contributed by atoms with Gasteiger partial charge in [-0.05, 0) is 44.3 Å². The van der Waals surface area contributed by atoms with Crippen molar-refractivity contribution in [1.82, 2.24) is 9.88 Å². The number of carbonyl (C=O) groups is 1. The van der Waals surface area contributed by atoms with Crippen molar-refractivity contribution in [3.8, 4) is 17.2 Å². The molecule has 0 unspecified atom stereocenters. The minimum absolute atomic E-state index is 0.0157. The standard InChI is InChI=1S/C17H23N3O2.2C6H3N3O7/c1-4-20(5-2)12-16(21)19-14-9-10-15(22-6-3)17-13(14)8-7-11-18-17;2*10-6-4(8(13)14)1-3(7(11)12)2-5(6)9(15)16/h7-11H,4-6,12H2,1-3H3,(H,19,21);2*1-2,10H. The number of benzene rings is 3. The Morgan fingerprint density at radius 3 is 1.48 bits per heavy atom. The molecule has 1 amide bonds. The SMILES string of the molecule is CCOc1ccc(NC(=O)CN(CC)CC)c2cccnc12.O=[N+]([O-])c1cc([N+](=O)[O-])c(O)c([N+](=O)[O-])c1.O=[N+]([O-])c1cc([N+](=O)[O-])c(O)c([N+](=O)[O-])c1. The van der Waals surface area contributed by atoms with Crippen LogP contribution in [0.2, 0.25) is 0 Å². The Bertz CT molecular complexity index is 1950. The van der Waals surface area contributed by atoms with Gasteiger partial charge >= 0.3 is 22.7 Å². The summed E-state index contributed by atoms with van der Waals surface area (Å²) in [5, 5.41) is 84.3. The third-order valence-corrected chi connectivity index (χ3v) is 6.89. The van der Waals surface area contributed by atoms with Crippen LogP contribution < -0.4 is 10.1 Å². The van der Waals surface area contributed by atoms with Crippen molar-refractivity contribution < 1.29 is 49.3 Å². The monoisotopic (exact) mass is 759 g/mol. The lowest BCUT2D eigenvalue weighted by atomic mass is 10.1. The van der Waals surface area contributed by atoms with Gasteiger partial charge in [-0.15, -0.1) is 0 Å². The van der Waals surface area contributed by atoms with Gasteiger partial charge in [0.2, 0.25) is 5.91 Å². The summed E-state index contributed by atoms with van der Waals surface area (Å²) >= 11 is 0. The van der Waals surface area contributed by atoms with Crippen molar-refractivity contribution >= 4 is 56.6 Å². The Labute approximate surface area is 300 Å². The number of nitrogens with zero attached hydrogens (tertiary/aromatic N) is 8. The predicted octanol–water partition coefficient (Wildman–Crippen LogP) is 5.15. The number of phenolic OH excluding ortho intramolecular Hbond substituents is 2. The summed E-state index contributed by atoms with van der Waals surface area (Å²) in [5.41, 5.74) is -4.47. The van der Waals surface area contributed by atoms with Gasteiger partial charge < -0.3 is 20.3 Å². The summed E-state index contributed by atoms with van der Waals surface area (Å²) in [6.45, 7) is 8.72. The molecule has 1 aromatic heterocycles. The number of likely N-dealkylation sites (N-methyl/N-ethyl adjacent to an activating group) is 1. The van der Waals surface area contributed by atoms with Gasteiger partial charge in [0.1, 0.15) is 11.3 Å². The molecule has 4 aromatic rings. The zero-order valence-corrected chi connectivity index (χ0v) is 28.2. The Morgan fingerprint density at radius 1 is 0.704 bits per heavy atom. The second-order valence-electron chi connectivity index (χ2n) is 10.2. The smallest absolute Gasteiger partial charge is 0.324 e.